The number of aliphatic carboxylic acids is 1. The minimum Gasteiger partial charge on any atom is -0.481 e. The molecule has 0 bridgehead atoms. The lowest BCUT2D eigenvalue weighted by Crippen LogP contribution is -2.36. The van der Waals surface area contributed by atoms with Gasteiger partial charge in [0.05, 0.1) is 5.92 Å². The summed E-state index contributed by atoms with van der Waals surface area (Å²) in [5.41, 5.74) is 0.532. The van der Waals surface area contributed by atoms with Crippen LogP contribution in [0.4, 0.5) is 5.88 Å². The summed E-state index contributed by atoms with van der Waals surface area (Å²) in [6.45, 7) is 2.96. The Morgan fingerprint density at radius 2 is 2.20 bits per heavy atom. The van der Waals surface area contributed by atoms with Crippen molar-refractivity contribution in [2.45, 2.75) is 19.8 Å². The molecule has 2 aromatic rings. The number of rotatable bonds is 3. The number of anilines is 1. The highest BCUT2D eigenvalue weighted by molar-refractivity contribution is 5.71. The minimum absolute atomic E-state index is 0.288. The Kier molecular flexibility index (Phi) is 3.09. The zero-order valence-electron chi connectivity index (χ0n) is 10.9. The number of hydrogen-bond donors (Lipinski definition) is 2. The summed E-state index contributed by atoms with van der Waals surface area (Å²) in [5.74, 6) is 0.436. The van der Waals surface area contributed by atoms with Crippen molar-refractivity contribution < 1.29 is 14.3 Å². The third-order valence-corrected chi connectivity index (χ3v) is 3.40. The van der Waals surface area contributed by atoms with Crippen LogP contribution >= 0.6 is 0 Å². The number of aromatic nitrogens is 5. The minimum atomic E-state index is -0.739. The highest BCUT2D eigenvalue weighted by atomic mass is 16.4. The quantitative estimate of drug-likeness (QED) is 0.830. The van der Waals surface area contributed by atoms with Crippen molar-refractivity contribution in [1.29, 1.82) is 0 Å². The summed E-state index contributed by atoms with van der Waals surface area (Å²) >= 11 is 0. The first-order valence-corrected chi connectivity index (χ1v) is 6.34. The van der Waals surface area contributed by atoms with Crippen molar-refractivity contribution in [2.75, 3.05) is 18.0 Å². The first-order valence-electron chi connectivity index (χ1n) is 6.34. The van der Waals surface area contributed by atoms with Gasteiger partial charge in [0, 0.05) is 20.0 Å². The van der Waals surface area contributed by atoms with E-state index in [0.717, 1.165) is 0 Å². The molecule has 3 rings (SSSR count). The molecule has 9 nitrogen and oxygen atoms in total. The maximum atomic E-state index is 11.0. The summed E-state index contributed by atoms with van der Waals surface area (Å²) in [5, 5.41) is 22.7. The van der Waals surface area contributed by atoms with Gasteiger partial charge in [0.1, 0.15) is 0 Å². The van der Waals surface area contributed by atoms with Gasteiger partial charge in [-0.05, 0) is 18.1 Å². The lowest BCUT2D eigenvalue weighted by atomic mass is 9.97. The van der Waals surface area contributed by atoms with Crippen molar-refractivity contribution in [2.24, 2.45) is 5.92 Å². The summed E-state index contributed by atoms with van der Waals surface area (Å²) in [6.07, 6.45) is 1.17. The lowest BCUT2D eigenvalue weighted by Gasteiger charge is -2.29. The van der Waals surface area contributed by atoms with Crippen LogP contribution in [-0.2, 0) is 4.79 Å². The third-order valence-electron chi connectivity index (χ3n) is 3.40. The van der Waals surface area contributed by atoms with Gasteiger partial charge in [-0.2, -0.15) is 5.21 Å². The maximum Gasteiger partial charge on any atom is 0.306 e. The summed E-state index contributed by atoms with van der Waals surface area (Å²) < 4.78 is 5.62. The third kappa shape index (κ3) is 2.22. The van der Waals surface area contributed by atoms with E-state index in [2.05, 4.69) is 25.6 Å². The molecule has 1 fully saturated rings. The Morgan fingerprint density at radius 3 is 2.80 bits per heavy atom. The van der Waals surface area contributed by atoms with Crippen LogP contribution in [0.15, 0.2) is 4.42 Å². The molecule has 2 N–H and O–H groups in total. The van der Waals surface area contributed by atoms with Crippen LogP contribution in [0.25, 0.3) is 11.5 Å². The molecule has 1 saturated heterocycles. The lowest BCUT2D eigenvalue weighted by molar-refractivity contribution is -0.142. The maximum absolute atomic E-state index is 11.0. The standard InChI is InChI=1S/C11H14N6O3/c1-6-12-8(9-13-15-16-14-9)10(20-6)17-4-2-7(3-5-17)11(18)19/h7H,2-5H2,1H3,(H,18,19)(H,13,14,15,16). The van der Waals surface area contributed by atoms with E-state index in [-0.39, 0.29) is 5.92 Å². The highest BCUT2D eigenvalue weighted by Crippen LogP contribution is 2.31. The molecule has 0 aromatic carbocycles. The number of piperidine rings is 1. The number of aryl methyl sites for hydroxylation is 1. The zero-order chi connectivity index (χ0) is 14.1. The number of oxazole rings is 1. The fourth-order valence-electron chi connectivity index (χ4n) is 2.37. The van der Waals surface area contributed by atoms with E-state index in [1.165, 1.54) is 0 Å². The second-order valence-corrected chi connectivity index (χ2v) is 4.72. The van der Waals surface area contributed by atoms with E-state index >= 15 is 0 Å². The number of tetrazole rings is 1. The van der Waals surface area contributed by atoms with Crippen LogP contribution in [0.2, 0.25) is 0 Å². The van der Waals surface area contributed by atoms with Gasteiger partial charge in [0.2, 0.25) is 11.7 Å². The average molecular weight is 278 g/mol. The van der Waals surface area contributed by atoms with Gasteiger partial charge in [-0.1, -0.05) is 0 Å². The zero-order valence-corrected chi connectivity index (χ0v) is 10.9. The number of carbonyl (C=O) groups is 1. The number of aromatic amines is 1. The van der Waals surface area contributed by atoms with Gasteiger partial charge in [-0.15, -0.1) is 10.2 Å². The van der Waals surface area contributed by atoms with Crippen molar-refractivity contribution in [3.05, 3.63) is 5.89 Å². The van der Waals surface area contributed by atoms with Crippen LogP contribution in [0.5, 0.6) is 0 Å². The van der Waals surface area contributed by atoms with E-state index < -0.39 is 5.97 Å². The van der Waals surface area contributed by atoms with Gasteiger partial charge in [0.25, 0.3) is 0 Å². The Morgan fingerprint density at radius 1 is 1.45 bits per heavy atom. The average Bonchev–Trinajstić information content (AvgIpc) is 3.07. The Hall–Kier alpha value is -2.45. The number of hydrogen-bond acceptors (Lipinski definition) is 7. The molecule has 3 heterocycles. The molecule has 0 unspecified atom stereocenters. The molecule has 106 valence electrons. The van der Waals surface area contributed by atoms with E-state index in [0.29, 0.717) is 49.2 Å². The van der Waals surface area contributed by atoms with E-state index in [1.807, 2.05) is 4.90 Å². The summed E-state index contributed by atoms with van der Waals surface area (Å²) in [7, 11) is 0. The molecular formula is C11H14N6O3. The number of carboxylic acid groups (broad SMARTS) is 1. The first kappa shape index (κ1) is 12.6. The molecular weight excluding hydrogens is 264 g/mol. The van der Waals surface area contributed by atoms with Crippen molar-refractivity contribution in [3.63, 3.8) is 0 Å². The Balaban J connectivity index is 1.83. The molecule has 0 amide bonds. The predicted octanol–water partition coefficient (Wildman–Crippen LogP) is 0.464. The monoisotopic (exact) mass is 278 g/mol. The molecule has 20 heavy (non-hydrogen) atoms. The number of nitrogens with zero attached hydrogens (tertiary/aromatic N) is 5. The SMILES string of the molecule is Cc1nc(-c2nn[nH]n2)c(N2CCC(C(=O)O)CC2)o1. The molecule has 1 aliphatic rings. The van der Waals surface area contributed by atoms with Gasteiger partial charge in [0.15, 0.2) is 11.6 Å². The first-order chi connectivity index (χ1) is 9.65. The molecule has 9 heteroatoms. The Labute approximate surface area is 114 Å². The second-order valence-electron chi connectivity index (χ2n) is 4.72. The van der Waals surface area contributed by atoms with Crippen molar-refractivity contribution >= 4 is 11.9 Å². The molecule has 1 aliphatic heterocycles. The molecule has 0 saturated carbocycles. The molecule has 0 spiro atoms. The fraction of sp³-hybridized carbons (Fsp3) is 0.545. The van der Waals surface area contributed by atoms with Crippen LogP contribution in [-0.4, -0.2) is 49.8 Å². The molecule has 0 radical (unpaired) electrons. The second kappa shape index (κ2) is 4.91. The topological polar surface area (TPSA) is 121 Å². The summed E-state index contributed by atoms with van der Waals surface area (Å²) in [4.78, 5) is 17.2. The fourth-order valence-corrected chi connectivity index (χ4v) is 2.37. The molecule has 2 aromatic heterocycles. The van der Waals surface area contributed by atoms with Crippen LogP contribution < -0.4 is 4.90 Å². The molecule has 0 aliphatic carbocycles. The van der Waals surface area contributed by atoms with Crippen LogP contribution in [0, 0.1) is 12.8 Å². The smallest absolute Gasteiger partial charge is 0.306 e. The van der Waals surface area contributed by atoms with Crippen molar-refractivity contribution in [3.8, 4) is 11.5 Å². The largest absolute Gasteiger partial charge is 0.481 e. The van der Waals surface area contributed by atoms with E-state index in [4.69, 9.17) is 9.52 Å². The van der Waals surface area contributed by atoms with Gasteiger partial charge in [-0.3, -0.25) is 4.79 Å². The highest BCUT2D eigenvalue weighted by Gasteiger charge is 2.29. The normalized spacial score (nSPS) is 16.6. The van der Waals surface area contributed by atoms with Gasteiger partial charge < -0.3 is 14.4 Å². The van der Waals surface area contributed by atoms with Gasteiger partial charge in [-0.25, -0.2) is 4.98 Å². The molecule has 0 atom stereocenters. The summed E-state index contributed by atoms with van der Waals surface area (Å²) in [6, 6.07) is 0. The predicted molar refractivity (Wildman–Crippen MR) is 67.0 cm³/mol. The van der Waals surface area contributed by atoms with Crippen LogP contribution in [0.1, 0.15) is 18.7 Å². The Bertz CT molecular complexity index is 600. The number of carboxylic acids is 1. The van der Waals surface area contributed by atoms with Crippen molar-refractivity contribution in [1.82, 2.24) is 25.6 Å². The number of H-pyrrole nitrogens is 1. The van der Waals surface area contributed by atoms with Crippen LogP contribution in [0.3, 0.4) is 0 Å². The number of nitrogens with one attached hydrogen (secondary N) is 1. The van der Waals surface area contributed by atoms with E-state index in [9.17, 15) is 4.79 Å². The van der Waals surface area contributed by atoms with Gasteiger partial charge >= 0.3 is 5.97 Å². The van der Waals surface area contributed by atoms with E-state index in [1.54, 1.807) is 6.92 Å².